The zero-order chi connectivity index (χ0) is 17.4. The number of benzene rings is 2. The van der Waals surface area contributed by atoms with Gasteiger partial charge in [-0.3, -0.25) is 4.79 Å². The minimum Gasteiger partial charge on any atom is -0.491 e. The van der Waals surface area contributed by atoms with Crippen molar-refractivity contribution in [3.8, 4) is 5.75 Å². The average Bonchev–Trinajstić information content (AvgIpc) is 2.59. The van der Waals surface area contributed by atoms with E-state index >= 15 is 0 Å². The molecule has 0 spiro atoms. The fourth-order valence-electron chi connectivity index (χ4n) is 2.37. The van der Waals surface area contributed by atoms with Gasteiger partial charge in [-0.2, -0.15) is 0 Å². The van der Waals surface area contributed by atoms with E-state index in [0.717, 1.165) is 19.6 Å². The lowest BCUT2D eigenvalue weighted by Gasteiger charge is -2.18. The summed E-state index contributed by atoms with van der Waals surface area (Å²) in [6, 6.07) is 14.3. The van der Waals surface area contributed by atoms with E-state index in [9.17, 15) is 4.79 Å². The van der Waals surface area contributed by atoms with E-state index in [1.165, 1.54) is 0 Å². The zero-order valence-electron chi connectivity index (χ0n) is 14.1. The number of ether oxygens (including phenoxy) is 1. The molecule has 0 unspecified atom stereocenters. The summed E-state index contributed by atoms with van der Waals surface area (Å²) in [7, 11) is 0. The molecule has 0 saturated heterocycles. The van der Waals surface area contributed by atoms with Gasteiger partial charge in [0.15, 0.2) is 0 Å². The Kier molecular flexibility index (Phi) is 7.09. The maximum atomic E-state index is 12.5. The van der Waals surface area contributed by atoms with Crippen molar-refractivity contribution in [3.63, 3.8) is 0 Å². The first kappa shape index (κ1) is 18.3. The third-order valence-electron chi connectivity index (χ3n) is 3.77. The highest BCUT2D eigenvalue weighted by atomic mass is 35.5. The molecule has 0 atom stereocenters. The molecular weight excluding hydrogens is 324 g/mol. The summed E-state index contributed by atoms with van der Waals surface area (Å²) >= 11 is 5.95. The Bertz CT molecular complexity index is 672. The normalized spacial score (nSPS) is 10.7. The second-order valence-electron chi connectivity index (χ2n) is 5.34. The molecule has 1 N–H and O–H groups in total. The molecule has 2 aromatic carbocycles. The van der Waals surface area contributed by atoms with Gasteiger partial charge in [-0.15, -0.1) is 0 Å². The van der Waals surface area contributed by atoms with Crippen molar-refractivity contribution in [1.82, 2.24) is 4.90 Å². The maximum absolute atomic E-state index is 12.5. The van der Waals surface area contributed by atoms with Crippen molar-refractivity contribution in [3.05, 3.63) is 59.1 Å². The van der Waals surface area contributed by atoms with Crippen LogP contribution in [-0.4, -0.2) is 37.0 Å². The summed E-state index contributed by atoms with van der Waals surface area (Å²) in [5.41, 5.74) is 1.17. The van der Waals surface area contributed by atoms with E-state index in [2.05, 4.69) is 24.1 Å². The average molecular weight is 347 g/mol. The molecule has 24 heavy (non-hydrogen) atoms. The lowest BCUT2D eigenvalue weighted by Crippen LogP contribution is -2.28. The SMILES string of the molecule is CCN(CC)CCOc1ccccc1C(=O)Nc1cccc(Cl)c1. The van der Waals surface area contributed by atoms with Gasteiger partial charge in [0.1, 0.15) is 12.4 Å². The van der Waals surface area contributed by atoms with E-state index in [1.807, 2.05) is 18.2 Å². The molecular formula is C19H23ClN2O2. The van der Waals surface area contributed by atoms with Gasteiger partial charge in [0.2, 0.25) is 0 Å². The molecule has 0 aliphatic carbocycles. The third-order valence-corrected chi connectivity index (χ3v) is 4.01. The van der Waals surface area contributed by atoms with Crippen LogP contribution in [0.2, 0.25) is 5.02 Å². The standard InChI is InChI=1S/C19H23ClN2O2/c1-3-22(4-2)12-13-24-18-11-6-5-10-17(18)19(23)21-16-9-7-8-15(20)14-16/h5-11,14H,3-4,12-13H2,1-2H3,(H,21,23). The number of hydrogen-bond donors (Lipinski definition) is 1. The van der Waals surface area contributed by atoms with E-state index < -0.39 is 0 Å². The van der Waals surface area contributed by atoms with Crippen LogP contribution in [0.25, 0.3) is 0 Å². The highest BCUT2D eigenvalue weighted by molar-refractivity contribution is 6.31. The number of carbonyl (C=O) groups excluding carboxylic acids is 1. The van der Waals surface area contributed by atoms with Gasteiger partial charge in [-0.05, 0) is 43.4 Å². The molecule has 0 aliphatic heterocycles. The number of nitrogens with zero attached hydrogens (tertiary/aromatic N) is 1. The fraction of sp³-hybridized carbons (Fsp3) is 0.316. The van der Waals surface area contributed by atoms with Crippen LogP contribution in [0.3, 0.4) is 0 Å². The van der Waals surface area contributed by atoms with Crippen LogP contribution in [0.1, 0.15) is 24.2 Å². The molecule has 4 nitrogen and oxygen atoms in total. The quantitative estimate of drug-likeness (QED) is 0.774. The highest BCUT2D eigenvalue weighted by Crippen LogP contribution is 2.21. The predicted molar refractivity (Wildman–Crippen MR) is 99.1 cm³/mol. The number of amides is 1. The molecule has 0 aliphatic rings. The van der Waals surface area contributed by atoms with Crippen molar-refractivity contribution in [2.45, 2.75) is 13.8 Å². The largest absolute Gasteiger partial charge is 0.491 e. The Morgan fingerprint density at radius 3 is 2.58 bits per heavy atom. The highest BCUT2D eigenvalue weighted by Gasteiger charge is 2.13. The van der Waals surface area contributed by atoms with Crippen molar-refractivity contribution < 1.29 is 9.53 Å². The Balaban J connectivity index is 2.03. The predicted octanol–water partition coefficient (Wildman–Crippen LogP) is 4.31. The van der Waals surface area contributed by atoms with Gasteiger partial charge >= 0.3 is 0 Å². The molecule has 0 bridgehead atoms. The van der Waals surface area contributed by atoms with Crippen LogP contribution in [0.4, 0.5) is 5.69 Å². The van der Waals surface area contributed by atoms with E-state index in [1.54, 1.807) is 30.3 Å². The summed E-state index contributed by atoms with van der Waals surface area (Å²) in [5.74, 6) is 0.375. The zero-order valence-corrected chi connectivity index (χ0v) is 14.8. The van der Waals surface area contributed by atoms with Gasteiger partial charge in [0.05, 0.1) is 5.56 Å². The Labute approximate surface area is 148 Å². The molecule has 128 valence electrons. The number of para-hydroxylation sites is 1. The second kappa shape index (κ2) is 9.30. The van der Waals surface area contributed by atoms with Crippen molar-refractivity contribution >= 4 is 23.2 Å². The summed E-state index contributed by atoms with van der Waals surface area (Å²) in [6.07, 6.45) is 0. The topological polar surface area (TPSA) is 41.6 Å². The number of hydrogen-bond acceptors (Lipinski definition) is 3. The second-order valence-corrected chi connectivity index (χ2v) is 5.77. The van der Waals surface area contributed by atoms with Crippen LogP contribution in [-0.2, 0) is 0 Å². The molecule has 0 fully saturated rings. The molecule has 5 heteroatoms. The monoisotopic (exact) mass is 346 g/mol. The molecule has 1 amide bonds. The van der Waals surface area contributed by atoms with Gasteiger partial charge in [-0.1, -0.05) is 43.6 Å². The van der Waals surface area contributed by atoms with Gasteiger partial charge in [-0.25, -0.2) is 0 Å². The van der Waals surface area contributed by atoms with E-state index in [0.29, 0.717) is 28.6 Å². The Morgan fingerprint density at radius 1 is 1.12 bits per heavy atom. The van der Waals surface area contributed by atoms with Gasteiger partial charge in [0, 0.05) is 17.3 Å². The van der Waals surface area contributed by atoms with Crippen molar-refractivity contribution in [2.75, 3.05) is 31.6 Å². The maximum Gasteiger partial charge on any atom is 0.259 e. The summed E-state index contributed by atoms with van der Waals surface area (Å²) < 4.78 is 5.83. The van der Waals surface area contributed by atoms with Crippen molar-refractivity contribution in [1.29, 1.82) is 0 Å². The van der Waals surface area contributed by atoms with Crippen LogP contribution >= 0.6 is 11.6 Å². The number of nitrogens with one attached hydrogen (secondary N) is 1. The molecule has 0 saturated carbocycles. The van der Waals surface area contributed by atoms with Crippen molar-refractivity contribution in [2.24, 2.45) is 0 Å². The lowest BCUT2D eigenvalue weighted by atomic mass is 10.2. The molecule has 0 aromatic heterocycles. The first-order valence-electron chi connectivity index (χ1n) is 8.15. The smallest absolute Gasteiger partial charge is 0.259 e. The third kappa shape index (κ3) is 5.25. The van der Waals surface area contributed by atoms with Crippen LogP contribution in [0, 0.1) is 0 Å². The number of likely N-dealkylation sites (N-methyl/N-ethyl adjacent to an activating group) is 1. The Morgan fingerprint density at radius 2 is 1.88 bits per heavy atom. The van der Waals surface area contributed by atoms with Crippen LogP contribution < -0.4 is 10.1 Å². The number of anilines is 1. The first-order valence-corrected chi connectivity index (χ1v) is 8.53. The fourth-order valence-corrected chi connectivity index (χ4v) is 2.56. The Hall–Kier alpha value is -2.04. The summed E-state index contributed by atoms with van der Waals surface area (Å²) in [5, 5.41) is 3.43. The number of carbonyl (C=O) groups is 1. The molecule has 0 heterocycles. The number of rotatable bonds is 8. The summed E-state index contributed by atoms with van der Waals surface area (Å²) in [6.45, 7) is 7.58. The minimum atomic E-state index is -0.212. The summed E-state index contributed by atoms with van der Waals surface area (Å²) in [4.78, 5) is 14.8. The molecule has 0 radical (unpaired) electrons. The van der Waals surface area contributed by atoms with Gasteiger partial charge < -0.3 is 15.0 Å². The molecule has 2 aromatic rings. The van der Waals surface area contributed by atoms with Gasteiger partial charge in [0.25, 0.3) is 5.91 Å². The van der Waals surface area contributed by atoms with Crippen LogP contribution in [0.15, 0.2) is 48.5 Å². The first-order chi connectivity index (χ1) is 11.6. The number of halogens is 1. The van der Waals surface area contributed by atoms with E-state index in [4.69, 9.17) is 16.3 Å². The minimum absolute atomic E-state index is 0.212. The van der Waals surface area contributed by atoms with Crippen LogP contribution in [0.5, 0.6) is 5.75 Å². The van der Waals surface area contributed by atoms with E-state index in [-0.39, 0.29) is 5.91 Å². The lowest BCUT2D eigenvalue weighted by molar-refractivity contribution is 0.102. The molecule has 2 rings (SSSR count).